The fourth-order valence-corrected chi connectivity index (χ4v) is 1.15. The first-order valence-corrected chi connectivity index (χ1v) is 4.83. The maximum Gasteiger partial charge on any atom is 0.490 e. The lowest BCUT2D eigenvalue weighted by atomic mass is 9.80. The Bertz CT molecular complexity index is 320. The number of rotatable bonds is 2. The molecule has 0 aromatic heterocycles. The zero-order chi connectivity index (χ0) is 12.0. The van der Waals surface area contributed by atoms with Crippen molar-refractivity contribution >= 4 is 24.2 Å². The zero-order valence-corrected chi connectivity index (χ0v) is 9.55. The van der Waals surface area contributed by atoms with E-state index in [-0.39, 0.29) is 16.2 Å². The van der Waals surface area contributed by atoms with Gasteiger partial charge < -0.3 is 14.8 Å². The van der Waals surface area contributed by atoms with Gasteiger partial charge >= 0.3 is 7.12 Å². The molecule has 0 unspecified atom stereocenters. The second kappa shape index (κ2) is 6.66. The van der Waals surface area contributed by atoms with Crippen LogP contribution in [-0.4, -0.2) is 24.3 Å². The van der Waals surface area contributed by atoms with Crippen LogP contribution < -0.4 is 10.2 Å². The first-order valence-electron chi connectivity index (χ1n) is 4.45. The maximum atomic E-state index is 12.9. The van der Waals surface area contributed by atoms with Gasteiger partial charge in [-0.3, -0.25) is 0 Å². The summed E-state index contributed by atoms with van der Waals surface area (Å²) in [5.41, 5.74) is 0.0138. The monoisotopic (exact) mass is 234 g/mol. The van der Waals surface area contributed by atoms with E-state index in [9.17, 15) is 4.39 Å². The van der Waals surface area contributed by atoms with Crippen molar-refractivity contribution < 1.29 is 19.2 Å². The van der Waals surface area contributed by atoms with Gasteiger partial charge in [-0.2, -0.15) is 0 Å². The smallest absolute Gasteiger partial charge is 0.490 e. The third-order valence-corrected chi connectivity index (χ3v) is 1.88. The van der Waals surface area contributed by atoms with Gasteiger partial charge in [0.1, 0.15) is 0 Å². The minimum absolute atomic E-state index is 0.0138. The second-order valence-electron chi connectivity index (χ2n) is 2.38. The lowest BCUT2D eigenvalue weighted by Crippen LogP contribution is -2.31. The molecule has 0 aliphatic heterocycles. The van der Waals surface area contributed by atoms with Gasteiger partial charge in [0.2, 0.25) is 0 Å². The maximum absolute atomic E-state index is 12.9. The van der Waals surface area contributed by atoms with Crippen LogP contribution in [0.15, 0.2) is 12.1 Å². The normalized spacial score (nSPS) is 9.00. The van der Waals surface area contributed by atoms with Crippen LogP contribution in [0.5, 0.6) is 5.75 Å². The predicted molar refractivity (Wildman–Crippen MR) is 59.1 cm³/mol. The fourth-order valence-electron chi connectivity index (χ4n) is 0.899. The summed E-state index contributed by atoms with van der Waals surface area (Å²) in [6, 6.07) is 2.11. The van der Waals surface area contributed by atoms with Crippen LogP contribution in [-0.2, 0) is 0 Å². The number of methoxy groups -OCH3 is 1. The molecular formula is C9H13BClFO3. The molecule has 1 rings (SSSR count). The van der Waals surface area contributed by atoms with Gasteiger partial charge in [0.15, 0.2) is 11.6 Å². The third-order valence-electron chi connectivity index (χ3n) is 1.55. The first kappa shape index (κ1) is 14.2. The number of hydrogen-bond acceptors (Lipinski definition) is 3. The Kier molecular flexibility index (Phi) is 6.32. The van der Waals surface area contributed by atoms with Gasteiger partial charge in [-0.25, -0.2) is 4.39 Å². The molecule has 0 fully saturated rings. The van der Waals surface area contributed by atoms with Crippen molar-refractivity contribution in [2.75, 3.05) is 7.11 Å². The molecule has 0 saturated carbocycles. The van der Waals surface area contributed by atoms with Crippen LogP contribution in [0.4, 0.5) is 4.39 Å². The molecule has 0 atom stereocenters. The van der Waals surface area contributed by atoms with E-state index in [0.29, 0.717) is 0 Å². The van der Waals surface area contributed by atoms with Gasteiger partial charge in [0.05, 0.1) is 7.11 Å². The molecule has 2 N–H and O–H groups in total. The summed E-state index contributed by atoms with van der Waals surface area (Å²) in [5.74, 6) is -0.718. The van der Waals surface area contributed by atoms with Crippen molar-refractivity contribution in [3.05, 3.63) is 23.0 Å². The van der Waals surface area contributed by atoms with Gasteiger partial charge in [-0.1, -0.05) is 25.4 Å². The molecule has 0 amide bonds. The summed E-state index contributed by atoms with van der Waals surface area (Å²) in [7, 11) is -0.457. The second-order valence-corrected chi connectivity index (χ2v) is 2.79. The van der Waals surface area contributed by atoms with Crippen LogP contribution in [0.2, 0.25) is 5.02 Å². The molecule has 6 heteroatoms. The Labute approximate surface area is 93.6 Å². The van der Waals surface area contributed by atoms with Crippen molar-refractivity contribution in [1.82, 2.24) is 0 Å². The van der Waals surface area contributed by atoms with E-state index in [2.05, 4.69) is 4.74 Å². The van der Waals surface area contributed by atoms with Crippen molar-refractivity contribution in [2.45, 2.75) is 13.8 Å². The highest BCUT2D eigenvalue weighted by Crippen LogP contribution is 2.19. The number of ether oxygens (including phenoxy) is 1. The Hall–Kier alpha value is -0.775. The summed E-state index contributed by atoms with van der Waals surface area (Å²) in [6.45, 7) is 4.00. The quantitative estimate of drug-likeness (QED) is 0.756. The van der Waals surface area contributed by atoms with Crippen molar-refractivity contribution in [3.63, 3.8) is 0 Å². The molecule has 0 saturated heterocycles. The van der Waals surface area contributed by atoms with Gasteiger partial charge in [-0.05, 0) is 12.1 Å². The number of hydrogen-bond donors (Lipinski definition) is 2. The van der Waals surface area contributed by atoms with Crippen LogP contribution in [0.1, 0.15) is 13.8 Å². The van der Waals surface area contributed by atoms with Gasteiger partial charge in [0, 0.05) is 10.5 Å². The average molecular weight is 234 g/mol. The molecule has 0 heterocycles. The summed E-state index contributed by atoms with van der Waals surface area (Å²) in [4.78, 5) is 0. The Morgan fingerprint density at radius 1 is 1.33 bits per heavy atom. The molecule has 0 aliphatic rings. The largest absolute Gasteiger partial charge is 0.494 e. The van der Waals surface area contributed by atoms with Crippen molar-refractivity contribution in [2.24, 2.45) is 0 Å². The van der Waals surface area contributed by atoms with Crippen LogP contribution in [0.3, 0.4) is 0 Å². The molecule has 1 aromatic carbocycles. The Balaban J connectivity index is 0.000000921. The van der Waals surface area contributed by atoms with E-state index in [1.165, 1.54) is 7.11 Å². The molecule has 1 aromatic rings. The molecule has 0 spiro atoms. The SMILES string of the molecule is CC.COc1cc(B(O)O)c(Cl)cc1F. The topological polar surface area (TPSA) is 49.7 Å². The highest BCUT2D eigenvalue weighted by molar-refractivity contribution is 6.62. The molecule has 84 valence electrons. The van der Waals surface area contributed by atoms with E-state index in [4.69, 9.17) is 21.6 Å². The summed E-state index contributed by atoms with van der Waals surface area (Å²) < 4.78 is 17.6. The van der Waals surface area contributed by atoms with E-state index in [0.717, 1.165) is 12.1 Å². The Morgan fingerprint density at radius 2 is 1.87 bits per heavy atom. The van der Waals surface area contributed by atoms with Crippen molar-refractivity contribution in [1.29, 1.82) is 0 Å². The fraction of sp³-hybridized carbons (Fsp3) is 0.333. The van der Waals surface area contributed by atoms with Crippen molar-refractivity contribution in [3.8, 4) is 5.75 Å². The van der Waals surface area contributed by atoms with E-state index in [1.54, 1.807) is 0 Å². The van der Waals surface area contributed by atoms with Crippen LogP contribution in [0.25, 0.3) is 0 Å². The molecule has 3 nitrogen and oxygen atoms in total. The van der Waals surface area contributed by atoms with Crippen LogP contribution >= 0.6 is 11.6 Å². The lowest BCUT2D eigenvalue weighted by molar-refractivity contribution is 0.386. The highest BCUT2D eigenvalue weighted by atomic mass is 35.5. The summed E-state index contributed by atoms with van der Waals surface area (Å²) in [5, 5.41) is 17.6. The minimum Gasteiger partial charge on any atom is -0.494 e. The Morgan fingerprint density at radius 3 is 2.27 bits per heavy atom. The first-order chi connectivity index (χ1) is 7.06. The summed E-state index contributed by atoms with van der Waals surface area (Å²) >= 11 is 5.54. The number of halogens is 2. The average Bonchev–Trinajstić information content (AvgIpc) is 2.20. The van der Waals surface area contributed by atoms with E-state index >= 15 is 0 Å². The highest BCUT2D eigenvalue weighted by Gasteiger charge is 2.18. The lowest BCUT2D eigenvalue weighted by Gasteiger charge is -2.06. The van der Waals surface area contributed by atoms with Gasteiger partial charge in [0.25, 0.3) is 0 Å². The molecule has 0 radical (unpaired) electrons. The third kappa shape index (κ3) is 3.70. The van der Waals surface area contributed by atoms with E-state index < -0.39 is 12.9 Å². The van der Waals surface area contributed by atoms with Crippen LogP contribution in [0, 0.1) is 5.82 Å². The molecule has 15 heavy (non-hydrogen) atoms. The molecular weight excluding hydrogens is 221 g/mol. The molecule has 0 bridgehead atoms. The molecule has 0 aliphatic carbocycles. The predicted octanol–water partition coefficient (Wildman–Crippen LogP) is 1.19. The zero-order valence-electron chi connectivity index (χ0n) is 8.79. The summed E-state index contributed by atoms with van der Waals surface area (Å²) in [6.07, 6.45) is 0. The van der Waals surface area contributed by atoms with E-state index in [1.807, 2.05) is 13.8 Å². The number of benzene rings is 1. The van der Waals surface area contributed by atoms with Gasteiger partial charge in [-0.15, -0.1) is 0 Å². The minimum atomic E-state index is -1.73. The standard InChI is InChI=1S/C7H7BClFO3.C2H6/c1-13-7-2-4(8(11)12)5(9)3-6(7)10;1-2/h2-3,11-12H,1H3;1-2H3.